The second-order valence-electron chi connectivity index (χ2n) is 6.15. The van der Waals surface area contributed by atoms with E-state index >= 15 is 0 Å². The van der Waals surface area contributed by atoms with Gasteiger partial charge in [0.2, 0.25) is 10.0 Å². The summed E-state index contributed by atoms with van der Waals surface area (Å²) in [7, 11) is -2.62. The fourth-order valence-corrected chi connectivity index (χ4v) is 4.03. The van der Waals surface area contributed by atoms with Crippen LogP contribution in [0.15, 0.2) is 23.1 Å². The van der Waals surface area contributed by atoms with Crippen molar-refractivity contribution in [2.24, 2.45) is 5.41 Å². The van der Waals surface area contributed by atoms with Crippen molar-refractivity contribution in [1.29, 1.82) is 0 Å². The Labute approximate surface area is 155 Å². The highest BCUT2D eigenvalue weighted by atomic mass is 35.5. The second kappa shape index (κ2) is 8.83. The van der Waals surface area contributed by atoms with Crippen LogP contribution >= 0.6 is 12.4 Å². The molecule has 0 bridgehead atoms. The standard InChI is InChI=1S/C15H20F4N2O3S.ClH/c1-24-10-14(4-6-20-7-5-14)9-21-25(22,23)11-2-3-12(13(16)8-11)15(17,18)19;/h2-3,8,20-21H,4-7,9-10H2,1H3;1H. The fraction of sp³-hybridized carbons (Fsp3) is 0.600. The summed E-state index contributed by atoms with van der Waals surface area (Å²) >= 11 is 0. The molecule has 1 saturated heterocycles. The molecule has 1 aromatic rings. The van der Waals surface area contributed by atoms with Gasteiger partial charge in [-0.15, -0.1) is 12.4 Å². The minimum absolute atomic E-state index is 0. The molecule has 11 heteroatoms. The lowest BCUT2D eigenvalue weighted by atomic mass is 9.80. The maximum absolute atomic E-state index is 13.6. The first-order valence-corrected chi connectivity index (χ1v) is 9.14. The van der Waals surface area contributed by atoms with Crippen molar-refractivity contribution in [2.75, 3.05) is 33.4 Å². The van der Waals surface area contributed by atoms with Crippen LogP contribution < -0.4 is 10.0 Å². The monoisotopic (exact) mass is 420 g/mol. The predicted octanol–water partition coefficient (Wildman–Crippen LogP) is 2.56. The van der Waals surface area contributed by atoms with E-state index in [1.54, 1.807) is 0 Å². The van der Waals surface area contributed by atoms with Crippen LogP contribution in [0.25, 0.3) is 0 Å². The molecular formula is C15H21ClF4N2O3S. The topological polar surface area (TPSA) is 67.4 Å². The highest BCUT2D eigenvalue weighted by Crippen LogP contribution is 2.33. The van der Waals surface area contributed by atoms with Crippen LogP contribution in [0, 0.1) is 11.2 Å². The third-order valence-electron chi connectivity index (χ3n) is 4.31. The normalized spacial score (nSPS) is 17.6. The average molecular weight is 421 g/mol. The number of ether oxygens (including phenoxy) is 1. The fourth-order valence-electron chi connectivity index (χ4n) is 2.86. The molecule has 0 amide bonds. The molecule has 1 aliphatic heterocycles. The molecule has 1 fully saturated rings. The van der Waals surface area contributed by atoms with Crippen molar-refractivity contribution in [3.05, 3.63) is 29.6 Å². The summed E-state index contributed by atoms with van der Waals surface area (Å²) in [6, 6.07) is 1.57. The van der Waals surface area contributed by atoms with Gasteiger partial charge < -0.3 is 10.1 Å². The minimum atomic E-state index is -4.88. The molecule has 2 N–H and O–H groups in total. The third kappa shape index (κ3) is 5.53. The highest BCUT2D eigenvalue weighted by molar-refractivity contribution is 7.89. The number of sulfonamides is 1. The van der Waals surface area contributed by atoms with Crippen molar-refractivity contribution in [3.63, 3.8) is 0 Å². The van der Waals surface area contributed by atoms with Gasteiger partial charge in [0.1, 0.15) is 5.82 Å². The van der Waals surface area contributed by atoms with Crippen LogP contribution in [0.3, 0.4) is 0 Å². The van der Waals surface area contributed by atoms with E-state index < -0.39 is 37.9 Å². The molecule has 0 unspecified atom stereocenters. The summed E-state index contributed by atoms with van der Waals surface area (Å²) in [6.07, 6.45) is -3.51. The van der Waals surface area contributed by atoms with E-state index in [9.17, 15) is 26.0 Å². The van der Waals surface area contributed by atoms with Gasteiger partial charge in [-0.2, -0.15) is 13.2 Å². The molecular weight excluding hydrogens is 400 g/mol. The average Bonchev–Trinajstić information content (AvgIpc) is 2.53. The summed E-state index contributed by atoms with van der Waals surface area (Å²) in [5, 5.41) is 3.17. The SMILES string of the molecule is COCC1(CNS(=O)(=O)c2ccc(C(F)(F)F)c(F)c2)CCNCC1.Cl. The van der Waals surface area contributed by atoms with Gasteiger partial charge in [0, 0.05) is 19.1 Å². The number of nitrogens with one attached hydrogen (secondary N) is 2. The first-order valence-electron chi connectivity index (χ1n) is 7.66. The van der Waals surface area contributed by atoms with Crippen LogP contribution in [0.5, 0.6) is 0 Å². The first kappa shape index (κ1) is 23.1. The van der Waals surface area contributed by atoms with Crippen LogP contribution in [0.1, 0.15) is 18.4 Å². The Morgan fingerprint density at radius 2 is 1.88 bits per heavy atom. The Balaban J connectivity index is 0.00000338. The molecule has 1 heterocycles. The smallest absolute Gasteiger partial charge is 0.384 e. The van der Waals surface area contributed by atoms with Crippen molar-refractivity contribution < 1.29 is 30.7 Å². The van der Waals surface area contributed by atoms with Gasteiger partial charge in [-0.1, -0.05) is 0 Å². The Kier molecular flexibility index (Phi) is 7.85. The van der Waals surface area contributed by atoms with Gasteiger partial charge in [0.05, 0.1) is 17.1 Å². The lowest BCUT2D eigenvalue weighted by molar-refractivity contribution is -0.140. The van der Waals surface area contributed by atoms with Crippen molar-refractivity contribution in [2.45, 2.75) is 23.9 Å². The number of rotatable bonds is 6. The molecule has 0 aromatic heterocycles. The Bertz CT molecular complexity index is 702. The zero-order valence-electron chi connectivity index (χ0n) is 14.0. The van der Waals surface area contributed by atoms with Crippen molar-refractivity contribution in [1.82, 2.24) is 10.0 Å². The van der Waals surface area contributed by atoms with E-state index in [-0.39, 0.29) is 19.0 Å². The summed E-state index contributed by atoms with van der Waals surface area (Å²) < 4.78 is 83.6. The largest absolute Gasteiger partial charge is 0.419 e. The number of piperidine rings is 1. The van der Waals surface area contributed by atoms with E-state index in [0.717, 1.165) is 6.07 Å². The van der Waals surface area contributed by atoms with Gasteiger partial charge in [0.15, 0.2) is 0 Å². The van der Waals surface area contributed by atoms with Crippen LogP contribution in [-0.2, 0) is 20.9 Å². The number of hydrogen-bond donors (Lipinski definition) is 2. The molecule has 0 saturated carbocycles. The summed E-state index contributed by atoms with van der Waals surface area (Å²) in [5.74, 6) is -1.62. The second-order valence-corrected chi connectivity index (χ2v) is 7.91. The Morgan fingerprint density at radius 1 is 1.27 bits per heavy atom. The molecule has 26 heavy (non-hydrogen) atoms. The van der Waals surface area contributed by atoms with E-state index in [1.807, 2.05) is 0 Å². The minimum Gasteiger partial charge on any atom is -0.384 e. The molecule has 0 spiro atoms. The first-order chi connectivity index (χ1) is 11.6. The maximum atomic E-state index is 13.6. The van der Waals surface area contributed by atoms with Crippen LogP contribution in [0.4, 0.5) is 17.6 Å². The number of hydrogen-bond acceptors (Lipinski definition) is 4. The highest BCUT2D eigenvalue weighted by Gasteiger charge is 2.36. The number of methoxy groups -OCH3 is 1. The molecule has 1 aromatic carbocycles. The molecule has 1 aliphatic rings. The molecule has 0 atom stereocenters. The van der Waals surface area contributed by atoms with E-state index in [0.29, 0.717) is 44.7 Å². The number of halogens is 5. The molecule has 150 valence electrons. The van der Waals surface area contributed by atoms with E-state index in [1.165, 1.54) is 7.11 Å². The van der Waals surface area contributed by atoms with E-state index in [4.69, 9.17) is 4.74 Å². The molecule has 2 rings (SSSR count). The van der Waals surface area contributed by atoms with Gasteiger partial charge in [-0.3, -0.25) is 0 Å². The quantitative estimate of drug-likeness (QED) is 0.694. The molecule has 0 aliphatic carbocycles. The molecule has 5 nitrogen and oxygen atoms in total. The number of benzene rings is 1. The zero-order chi connectivity index (χ0) is 18.7. The van der Waals surface area contributed by atoms with Gasteiger partial charge in [-0.05, 0) is 44.1 Å². The lowest BCUT2D eigenvalue weighted by Gasteiger charge is -2.37. The summed E-state index contributed by atoms with van der Waals surface area (Å²) in [4.78, 5) is -0.542. The Hall–Kier alpha value is -0.940. The Morgan fingerprint density at radius 3 is 2.38 bits per heavy atom. The van der Waals surface area contributed by atoms with Gasteiger partial charge in [0.25, 0.3) is 0 Å². The zero-order valence-corrected chi connectivity index (χ0v) is 15.7. The predicted molar refractivity (Wildman–Crippen MR) is 90.3 cm³/mol. The van der Waals surface area contributed by atoms with E-state index in [2.05, 4.69) is 10.0 Å². The summed E-state index contributed by atoms with van der Waals surface area (Å²) in [5.41, 5.74) is -1.90. The lowest BCUT2D eigenvalue weighted by Crippen LogP contribution is -2.47. The van der Waals surface area contributed by atoms with Crippen LogP contribution in [-0.4, -0.2) is 41.8 Å². The van der Waals surface area contributed by atoms with Crippen molar-refractivity contribution in [3.8, 4) is 0 Å². The third-order valence-corrected chi connectivity index (χ3v) is 5.71. The van der Waals surface area contributed by atoms with Crippen molar-refractivity contribution >= 4 is 22.4 Å². The van der Waals surface area contributed by atoms with Crippen LogP contribution in [0.2, 0.25) is 0 Å². The summed E-state index contributed by atoms with van der Waals surface area (Å²) in [6.45, 7) is 1.83. The maximum Gasteiger partial charge on any atom is 0.419 e. The van der Waals surface area contributed by atoms with Gasteiger partial charge in [-0.25, -0.2) is 17.5 Å². The van der Waals surface area contributed by atoms with Gasteiger partial charge >= 0.3 is 6.18 Å². The molecule has 0 radical (unpaired) electrons. The number of alkyl halides is 3.